The van der Waals surface area contributed by atoms with Crippen LogP contribution < -0.4 is 11.1 Å². The van der Waals surface area contributed by atoms with Crippen LogP contribution in [0, 0.1) is 11.4 Å². The summed E-state index contributed by atoms with van der Waals surface area (Å²) in [5.74, 6) is -1.55. The van der Waals surface area contributed by atoms with Gasteiger partial charge in [0.05, 0.1) is 12.0 Å². The molecule has 10 heteroatoms. The summed E-state index contributed by atoms with van der Waals surface area (Å²) in [4.78, 5) is 45.1. The van der Waals surface area contributed by atoms with Crippen LogP contribution in [0.15, 0.2) is 40.4 Å². The summed E-state index contributed by atoms with van der Waals surface area (Å²) in [5.41, 5.74) is 13.1. The number of imide groups is 1. The Kier molecular flexibility index (Phi) is 8.02. The number of nitrogens with one attached hydrogen (secondary N) is 2. The van der Waals surface area contributed by atoms with Crippen LogP contribution in [-0.4, -0.2) is 59.3 Å². The van der Waals surface area contributed by atoms with Crippen LogP contribution in [0.4, 0.5) is 4.79 Å². The van der Waals surface area contributed by atoms with Crippen molar-refractivity contribution in [2.24, 2.45) is 21.8 Å². The fraction of sp³-hybridized carbons (Fsp3) is 0.500. The Labute approximate surface area is 176 Å². The molecule has 3 atom stereocenters. The van der Waals surface area contributed by atoms with E-state index in [4.69, 9.17) is 11.3 Å². The van der Waals surface area contributed by atoms with Crippen LogP contribution >= 0.6 is 0 Å². The van der Waals surface area contributed by atoms with Gasteiger partial charge in [-0.15, -0.1) is 5.11 Å². The molecular weight excluding hydrogens is 386 g/mol. The number of rotatable bonds is 8. The molecule has 1 aromatic rings. The molecule has 0 saturated carbocycles. The number of hydrogen-bond donors (Lipinski definition) is 3. The van der Waals surface area contributed by atoms with Gasteiger partial charge in [-0.25, -0.2) is 10.3 Å². The molecule has 0 aliphatic carbocycles. The van der Waals surface area contributed by atoms with Gasteiger partial charge in [0.2, 0.25) is 17.8 Å². The lowest BCUT2D eigenvalue weighted by Gasteiger charge is -2.46. The molecule has 1 fully saturated rings. The number of guanidine groups is 1. The van der Waals surface area contributed by atoms with Crippen molar-refractivity contribution < 1.29 is 14.4 Å². The van der Waals surface area contributed by atoms with Gasteiger partial charge in [0.1, 0.15) is 6.04 Å². The number of nitrogens with two attached hydrogens (primary N) is 1. The monoisotopic (exact) mass is 415 g/mol. The molecule has 0 unspecified atom stereocenters. The molecule has 30 heavy (non-hydrogen) atoms. The Morgan fingerprint density at radius 2 is 1.90 bits per heavy atom. The number of β-lactam (4-membered cyclic amide) rings is 1. The highest BCUT2D eigenvalue weighted by Crippen LogP contribution is 2.32. The first-order valence-electron chi connectivity index (χ1n) is 10.00. The first kappa shape index (κ1) is 23.0. The number of likely N-dealkylation sites (tertiary alicyclic amines) is 1. The molecule has 162 valence electrons. The molecule has 4 N–H and O–H groups in total. The summed E-state index contributed by atoms with van der Waals surface area (Å²) in [6, 6.07) is 7.57. The predicted octanol–water partition coefficient (Wildman–Crippen LogP) is 1.89. The van der Waals surface area contributed by atoms with Gasteiger partial charge in [-0.05, 0) is 32.8 Å². The van der Waals surface area contributed by atoms with Crippen molar-refractivity contribution >= 4 is 23.8 Å². The van der Waals surface area contributed by atoms with E-state index in [-0.39, 0.29) is 30.9 Å². The van der Waals surface area contributed by atoms with Crippen molar-refractivity contribution in [2.75, 3.05) is 19.6 Å². The van der Waals surface area contributed by atoms with Gasteiger partial charge in [-0.2, -0.15) is 0 Å². The van der Waals surface area contributed by atoms with E-state index in [1.54, 1.807) is 4.90 Å². The van der Waals surface area contributed by atoms with Gasteiger partial charge in [0.15, 0.2) is 0 Å². The zero-order valence-corrected chi connectivity index (χ0v) is 17.5. The number of likely N-dealkylation sites (N-methyl/N-ethyl adjacent to an activating group) is 1. The molecular formula is C20H29N7O3. The van der Waals surface area contributed by atoms with Crippen molar-refractivity contribution in [1.82, 2.24) is 15.1 Å². The largest absolute Gasteiger partial charge is 0.367 e. The Bertz CT molecular complexity index is 808. The van der Waals surface area contributed by atoms with Crippen molar-refractivity contribution in [1.29, 1.82) is 5.53 Å². The molecule has 0 spiro atoms. The van der Waals surface area contributed by atoms with Crippen molar-refractivity contribution in [3.63, 3.8) is 0 Å². The van der Waals surface area contributed by atoms with Crippen LogP contribution in [0.5, 0.6) is 0 Å². The highest BCUT2D eigenvalue weighted by molar-refractivity contribution is 6.09. The van der Waals surface area contributed by atoms with Crippen LogP contribution in [0.2, 0.25) is 0 Å². The van der Waals surface area contributed by atoms with Crippen LogP contribution in [-0.2, 0) is 9.59 Å². The third-order valence-electron chi connectivity index (χ3n) is 5.23. The lowest BCUT2D eigenvalue weighted by atomic mass is 9.83. The first-order valence-corrected chi connectivity index (χ1v) is 10.00. The summed E-state index contributed by atoms with van der Waals surface area (Å²) < 4.78 is 0. The van der Waals surface area contributed by atoms with E-state index >= 15 is 0 Å². The topological polar surface area (TPSA) is 144 Å². The number of urea groups is 1. The summed E-state index contributed by atoms with van der Waals surface area (Å²) in [5, 5.41) is 5.81. The molecule has 1 aliphatic heterocycles. The zero-order chi connectivity index (χ0) is 22.3. The second kappa shape index (κ2) is 10.5. The lowest BCUT2D eigenvalue weighted by Crippen LogP contribution is -2.70. The third kappa shape index (κ3) is 5.00. The van der Waals surface area contributed by atoms with Crippen molar-refractivity contribution in [3.8, 4) is 0 Å². The van der Waals surface area contributed by atoms with E-state index in [2.05, 4.69) is 15.4 Å². The van der Waals surface area contributed by atoms with Gasteiger partial charge in [-0.3, -0.25) is 19.5 Å². The second-order valence-electron chi connectivity index (χ2n) is 6.99. The zero-order valence-electron chi connectivity index (χ0n) is 17.5. The van der Waals surface area contributed by atoms with E-state index < -0.39 is 23.9 Å². The maximum absolute atomic E-state index is 13.0. The minimum Gasteiger partial charge on any atom is -0.367 e. The van der Waals surface area contributed by atoms with Crippen LogP contribution in [0.25, 0.3) is 0 Å². The smallest absolute Gasteiger partial charge is 0.325 e. The first-order chi connectivity index (χ1) is 14.3. The summed E-state index contributed by atoms with van der Waals surface area (Å²) in [6.45, 7) is 6.61. The summed E-state index contributed by atoms with van der Waals surface area (Å²) in [7, 11) is 0. The number of aliphatic imine (C=N–C) groups is 1. The number of benzene rings is 1. The van der Waals surface area contributed by atoms with Gasteiger partial charge < -0.3 is 16.0 Å². The number of amides is 4. The highest BCUT2D eigenvalue weighted by Gasteiger charge is 2.55. The molecule has 1 saturated heterocycles. The van der Waals surface area contributed by atoms with Gasteiger partial charge in [0, 0.05) is 19.6 Å². The van der Waals surface area contributed by atoms with Gasteiger partial charge in [0.25, 0.3) is 0 Å². The Balaban J connectivity index is 2.17. The van der Waals surface area contributed by atoms with E-state index in [0.29, 0.717) is 13.1 Å². The highest BCUT2D eigenvalue weighted by atomic mass is 16.2. The Morgan fingerprint density at radius 1 is 1.27 bits per heavy atom. The Hall–Kier alpha value is -3.30. The molecule has 4 amide bonds. The minimum atomic E-state index is -0.885. The SMILES string of the molecule is CCN(CC)C(=O)[C@@H]1[C@@H](CCN=C(N)N=N)C(=O)N1C(=O)N[C@H](C)c1ccccc1. The van der Waals surface area contributed by atoms with Crippen LogP contribution in [0.1, 0.15) is 38.8 Å². The van der Waals surface area contributed by atoms with E-state index in [9.17, 15) is 14.4 Å². The van der Waals surface area contributed by atoms with Crippen LogP contribution in [0.3, 0.4) is 0 Å². The molecule has 10 nitrogen and oxygen atoms in total. The number of carbonyl (C=O) groups excluding carboxylic acids is 3. The standard InChI is InChI=1S/C20H29N7O3/c1-4-26(5-2)18(29)16-15(11-12-23-19(21)25-22)17(28)27(16)20(30)24-13(3)14-9-7-6-8-10-14/h6-10,13,15-16,22H,4-5,11-12H2,1-3H3,(H2,21,23)(H,24,30)/t13-,15-,16+/m1/s1. The quantitative estimate of drug-likeness (QED) is 0.258. The average molecular weight is 415 g/mol. The number of hydrogen-bond acceptors (Lipinski definition) is 5. The number of carbonyl (C=O) groups is 3. The van der Waals surface area contributed by atoms with Gasteiger partial charge >= 0.3 is 6.03 Å². The second-order valence-corrected chi connectivity index (χ2v) is 6.99. The normalized spacial score (nSPS) is 19.6. The van der Waals surface area contributed by atoms with Gasteiger partial charge in [-0.1, -0.05) is 30.3 Å². The maximum Gasteiger partial charge on any atom is 0.325 e. The van der Waals surface area contributed by atoms with E-state index in [1.165, 1.54) is 0 Å². The lowest BCUT2D eigenvalue weighted by molar-refractivity contribution is -0.162. The maximum atomic E-state index is 13.0. The summed E-state index contributed by atoms with van der Waals surface area (Å²) in [6.07, 6.45) is 0.241. The molecule has 1 heterocycles. The molecule has 0 radical (unpaired) electrons. The predicted molar refractivity (Wildman–Crippen MR) is 112 cm³/mol. The van der Waals surface area contributed by atoms with Crippen molar-refractivity contribution in [2.45, 2.75) is 39.3 Å². The molecule has 1 aromatic carbocycles. The minimum absolute atomic E-state index is 0.141. The van der Waals surface area contributed by atoms with E-state index in [1.807, 2.05) is 51.1 Å². The average Bonchev–Trinajstić information content (AvgIpc) is 2.75. The van der Waals surface area contributed by atoms with Crippen molar-refractivity contribution in [3.05, 3.63) is 35.9 Å². The fourth-order valence-corrected chi connectivity index (χ4v) is 3.49. The molecule has 0 bridgehead atoms. The Morgan fingerprint density at radius 3 is 2.47 bits per heavy atom. The van der Waals surface area contributed by atoms with E-state index in [0.717, 1.165) is 10.5 Å². The molecule has 2 rings (SSSR count). The summed E-state index contributed by atoms with van der Waals surface area (Å²) >= 11 is 0. The molecule has 1 aliphatic rings. The molecule has 0 aromatic heterocycles. The fourth-order valence-electron chi connectivity index (χ4n) is 3.49. The number of nitrogens with zero attached hydrogens (tertiary/aromatic N) is 4. The third-order valence-corrected chi connectivity index (χ3v) is 5.23.